The van der Waals surface area contributed by atoms with Gasteiger partial charge in [0.25, 0.3) is 0 Å². The van der Waals surface area contributed by atoms with E-state index < -0.39 is 23.9 Å². The van der Waals surface area contributed by atoms with Crippen LogP contribution in [-0.4, -0.2) is 142 Å². The van der Waals surface area contributed by atoms with E-state index in [-0.39, 0.29) is 37.6 Å². The monoisotopic (exact) mass is 472 g/mol. The molecule has 1 fully saturated rings. The Morgan fingerprint density at radius 3 is 1.24 bits per heavy atom. The second-order valence-electron chi connectivity index (χ2n) is 8.41. The lowest BCUT2D eigenvalue weighted by atomic mass is 10.0. The molecule has 1 aliphatic rings. The van der Waals surface area contributed by atoms with Gasteiger partial charge in [0, 0.05) is 58.8 Å². The summed E-state index contributed by atoms with van der Waals surface area (Å²) in [4.78, 5) is 64.7. The summed E-state index contributed by atoms with van der Waals surface area (Å²) in [6.45, 7) is 4.84. The summed E-state index contributed by atoms with van der Waals surface area (Å²) in [7, 11) is 0. The Morgan fingerprint density at radius 1 is 0.636 bits per heavy atom. The Hall–Kier alpha value is -2.41. The Morgan fingerprint density at radius 2 is 0.970 bits per heavy atom. The molecule has 33 heavy (non-hydrogen) atoms. The molecule has 0 radical (unpaired) electrons. The van der Waals surface area contributed by atoms with Crippen LogP contribution in [0.15, 0.2) is 0 Å². The largest absolute Gasteiger partial charge is 0.480 e. The summed E-state index contributed by atoms with van der Waals surface area (Å²) in [5.41, 5.74) is 0. The average Bonchev–Trinajstić information content (AvgIpc) is 2.67. The van der Waals surface area contributed by atoms with Gasteiger partial charge in [-0.15, -0.1) is 0 Å². The highest BCUT2D eigenvalue weighted by atomic mass is 16.4. The summed E-state index contributed by atoms with van der Waals surface area (Å²) in [6, 6.07) is -0.529. The molecule has 0 aromatic carbocycles. The second-order valence-corrected chi connectivity index (χ2v) is 8.41. The van der Waals surface area contributed by atoms with E-state index in [1.807, 2.05) is 4.90 Å². The first kappa shape index (κ1) is 28.6. The van der Waals surface area contributed by atoms with Crippen LogP contribution in [-0.2, 0) is 24.0 Å². The zero-order valence-corrected chi connectivity index (χ0v) is 19.4. The Labute approximate surface area is 193 Å². The molecule has 3 N–H and O–H groups in total. The highest BCUT2D eigenvalue weighted by Crippen LogP contribution is 2.11. The summed E-state index contributed by atoms with van der Waals surface area (Å²) in [5, 5.41) is 27.7. The Kier molecular flexibility index (Phi) is 12.7. The van der Waals surface area contributed by atoms with Crippen molar-refractivity contribution in [1.29, 1.82) is 0 Å². The number of aliphatic carboxylic acids is 3. The van der Waals surface area contributed by atoms with Crippen LogP contribution in [0.2, 0.25) is 0 Å². The fourth-order valence-corrected chi connectivity index (χ4v) is 3.90. The number of carbonyl (C=O) groups excluding carboxylic acids is 2. The first-order chi connectivity index (χ1) is 15.5. The molecule has 0 unspecified atom stereocenters. The van der Waals surface area contributed by atoms with Gasteiger partial charge in [-0.2, -0.15) is 0 Å². The predicted molar refractivity (Wildman–Crippen MR) is 118 cm³/mol. The van der Waals surface area contributed by atoms with E-state index in [0.29, 0.717) is 58.8 Å². The quantitative estimate of drug-likeness (QED) is 0.330. The fraction of sp³-hybridized carbons (Fsp3) is 0.762. The summed E-state index contributed by atoms with van der Waals surface area (Å²) in [5.74, 6) is -3.17. The summed E-state index contributed by atoms with van der Waals surface area (Å²) in [6.07, 6.45) is 0.581. The van der Waals surface area contributed by atoms with Crippen LogP contribution in [0, 0.1) is 0 Å². The third-order valence-electron chi connectivity index (χ3n) is 5.63. The molecule has 0 spiro atoms. The van der Waals surface area contributed by atoms with Crippen molar-refractivity contribution in [3.63, 3.8) is 0 Å². The molecule has 0 amide bonds. The van der Waals surface area contributed by atoms with Crippen molar-refractivity contribution < 1.29 is 39.3 Å². The number of carbonyl (C=O) groups is 5. The van der Waals surface area contributed by atoms with E-state index in [0.717, 1.165) is 0 Å². The van der Waals surface area contributed by atoms with E-state index >= 15 is 0 Å². The number of hydrogen-bond acceptors (Lipinski definition) is 9. The number of rotatable bonds is 11. The first-order valence-electron chi connectivity index (χ1n) is 11.0. The summed E-state index contributed by atoms with van der Waals surface area (Å²) >= 11 is 0. The third kappa shape index (κ3) is 12.4. The smallest absolute Gasteiger partial charge is 0.317 e. The average molecular weight is 473 g/mol. The molecule has 12 heteroatoms. The minimum Gasteiger partial charge on any atom is -0.480 e. The maximum Gasteiger partial charge on any atom is 0.317 e. The Bertz CT molecular complexity index is 670. The van der Waals surface area contributed by atoms with Crippen LogP contribution in [0.3, 0.4) is 0 Å². The van der Waals surface area contributed by atoms with Gasteiger partial charge in [-0.3, -0.25) is 38.8 Å². The highest BCUT2D eigenvalue weighted by molar-refractivity contribution is 5.83. The van der Waals surface area contributed by atoms with E-state index in [2.05, 4.69) is 0 Å². The van der Waals surface area contributed by atoms with Gasteiger partial charge in [-0.05, 0) is 20.3 Å². The third-order valence-corrected chi connectivity index (χ3v) is 5.63. The zero-order chi connectivity index (χ0) is 25.0. The van der Waals surface area contributed by atoms with Crippen molar-refractivity contribution in [3.8, 4) is 0 Å². The molecule has 0 aromatic heterocycles. The van der Waals surface area contributed by atoms with Crippen LogP contribution in [0.5, 0.6) is 0 Å². The van der Waals surface area contributed by atoms with Crippen LogP contribution in [0.1, 0.15) is 26.7 Å². The lowest BCUT2D eigenvalue weighted by Gasteiger charge is -2.36. The molecule has 1 saturated heterocycles. The number of carboxylic acid groups (broad SMARTS) is 3. The lowest BCUT2D eigenvalue weighted by molar-refractivity contribution is -0.140. The second kappa shape index (κ2) is 14.7. The Balaban J connectivity index is 3.11. The normalized spacial score (nSPS) is 19.2. The van der Waals surface area contributed by atoms with Crippen molar-refractivity contribution in [2.75, 3.05) is 72.0 Å². The van der Waals surface area contributed by atoms with Gasteiger partial charge in [0.2, 0.25) is 0 Å². The number of carboxylic acids is 3. The van der Waals surface area contributed by atoms with Crippen molar-refractivity contribution in [1.82, 2.24) is 19.6 Å². The van der Waals surface area contributed by atoms with Gasteiger partial charge in [-0.1, -0.05) is 0 Å². The number of nitrogens with zero attached hydrogens (tertiary/aromatic N) is 4. The van der Waals surface area contributed by atoms with Gasteiger partial charge >= 0.3 is 17.9 Å². The molecule has 0 aromatic rings. The minimum absolute atomic E-state index is 0.0332. The molecule has 1 aliphatic heterocycles. The van der Waals surface area contributed by atoms with E-state index in [1.165, 1.54) is 13.8 Å². The number of ketones is 2. The maximum absolute atomic E-state index is 12.4. The standard InChI is InChI=1S/C21H36N4O8/c1-16(26)3-4-18(17(2)27)25-11-9-23(14-20(30)31)7-5-22(13-19(28)29)6-8-24(10-12-25)15-21(32)33/h18H,3-15H2,1-2H3,(H,28,29)(H,30,31)(H,32,33)/t18-/m0/s1. The molecule has 0 saturated carbocycles. The topological polar surface area (TPSA) is 159 Å². The van der Waals surface area contributed by atoms with Gasteiger partial charge < -0.3 is 20.1 Å². The van der Waals surface area contributed by atoms with Gasteiger partial charge in [0.05, 0.1) is 25.7 Å². The van der Waals surface area contributed by atoms with Crippen LogP contribution in [0.25, 0.3) is 0 Å². The van der Waals surface area contributed by atoms with Gasteiger partial charge in [0.15, 0.2) is 0 Å². The molecule has 1 heterocycles. The van der Waals surface area contributed by atoms with Crippen LogP contribution >= 0.6 is 0 Å². The molecule has 12 nitrogen and oxygen atoms in total. The van der Waals surface area contributed by atoms with Crippen LogP contribution < -0.4 is 0 Å². The van der Waals surface area contributed by atoms with E-state index in [9.17, 15) is 39.3 Å². The van der Waals surface area contributed by atoms with Crippen molar-refractivity contribution in [3.05, 3.63) is 0 Å². The first-order valence-corrected chi connectivity index (χ1v) is 11.0. The molecular formula is C21H36N4O8. The molecule has 0 aliphatic carbocycles. The molecule has 1 rings (SSSR count). The van der Waals surface area contributed by atoms with Gasteiger partial charge in [0.1, 0.15) is 11.6 Å². The van der Waals surface area contributed by atoms with Crippen molar-refractivity contribution in [2.45, 2.75) is 32.7 Å². The SMILES string of the molecule is CC(=O)CC[C@@H](C(C)=O)N1CCN(CC(=O)O)CCN(CC(=O)O)CCN(CC(=O)O)CC1. The molecule has 188 valence electrons. The molecular weight excluding hydrogens is 436 g/mol. The molecule has 0 bridgehead atoms. The lowest BCUT2D eigenvalue weighted by Crippen LogP contribution is -2.51. The summed E-state index contributed by atoms with van der Waals surface area (Å²) < 4.78 is 0. The van der Waals surface area contributed by atoms with Crippen molar-refractivity contribution >= 4 is 29.5 Å². The fourth-order valence-electron chi connectivity index (χ4n) is 3.90. The van der Waals surface area contributed by atoms with E-state index in [4.69, 9.17) is 0 Å². The maximum atomic E-state index is 12.4. The number of hydrogen-bond donors (Lipinski definition) is 3. The highest BCUT2D eigenvalue weighted by Gasteiger charge is 2.26. The molecule has 1 atom stereocenters. The zero-order valence-electron chi connectivity index (χ0n) is 19.4. The van der Waals surface area contributed by atoms with Gasteiger partial charge in [-0.25, -0.2) is 0 Å². The predicted octanol–water partition coefficient (Wildman–Crippen LogP) is -1.21. The minimum atomic E-state index is -1.02. The van der Waals surface area contributed by atoms with E-state index in [1.54, 1.807) is 14.7 Å². The number of Topliss-reactive ketones (excluding diaryl/α,β-unsaturated/α-hetero) is 2. The van der Waals surface area contributed by atoms with Crippen molar-refractivity contribution in [2.24, 2.45) is 0 Å². The van der Waals surface area contributed by atoms with Crippen LogP contribution in [0.4, 0.5) is 0 Å².